The van der Waals surface area contributed by atoms with Crippen LogP contribution in [0.2, 0.25) is 0 Å². The van der Waals surface area contributed by atoms with Crippen molar-refractivity contribution in [2.75, 3.05) is 39.6 Å². The van der Waals surface area contributed by atoms with Crippen LogP contribution >= 0.6 is 0 Å². The number of hydrogen-bond donors (Lipinski definition) is 1. The van der Waals surface area contributed by atoms with E-state index < -0.39 is 0 Å². The van der Waals surface area contributed by atoms with Crippen LogP contribution in [0.3, 0.4) is 0 Å². The number of hydrogen-bond acceptors (Lipinski definition) is 4. The van der Waals surface area contributed by atoms with Crippen molar-refractivity contribution in [2.45, 2.75) is 20.8 Å². The zero-order chi connectivity index (χ0) is 12.2. The Morgan fingerprint density at radius 1 is 1.12 bits per heavy atom. The minimum absolute atomic E-state index is 0.274. The molecule has 0 saturated carbocycles. The second kappa shape index (κ2) is 10.7. The molecule has 0 bridgehead atoms. The summed E-state index contributed by atoms with van der Waals surface area (Å²) in [6.07, 6.45) is -0.387. The summed E-state index contributed by atoms with van der Waals surface area (Å²) in [5.41, 5.74) is 0. The van der Waals surface area contributed by atoms with Crippen LogP contribution in [-0.4, -0.2) is 45.7 Å². The Balaban J connectivity index is 3.15. The molecule has 0 unspecified atom stereocenters. The second-order valence-electron chi connectivity index (χ2n) is 3.72. The van der Waals surface area contributed by atoms with E-state index in [1.54, 1.807) is 0 Å². The zero-order valence-electron chi connectivity index (χ0n) is 10.5. The molecule has 0 radical (unpaired) electrons. The van der Waals surface area contributed by atoms with E-state index in [0.29, 0.717) is 38.9 Å². The summed E-state index contributed by atoms with van der Waals surface area (Å²) in [4.78, 5) is 11.1. The topological polar surface area (TPSA) is 56.8 Å². The first kappa shape index (κ1) is 15.2. The molecule has 0 saturated heterocycles. The molecule has 0 aliphatic carbocycles. The Morgan fingerprint density at radius 2 is 1.75 bits per heavy atom. The van der Waals surface area contributed by atoms with E-state index in [9.17, 15) is 4.79 Å². The van der Waals surface area contributed by atoms with Crippen LogP contribution in [-0.2, 0) is 14.2 Å². The molecule has 1 N–H and O–H groups in total. The lowest BCUT2D eigenvalue weighted by molar-refractivity contribution is 0.0313. The van der Waals surface area contributed by atoms with Gasteiger partial charge in [0.05, 0.1) is 19.8 Å². The number of alkyl carbamates (subject to hydrolysis) is 1. The average Bonchev–Trinajstić information content (AvgIpc) is 2.25. The standard InChI is InChI=1S/C11H23NO4/c1-4-14-5-6-15-7-8-16-11(13)12-9-10(2)3/h10H,4-9H2,1-3H3,(H,12,13). The maximum atomic E-state index is 11.1. The molecular weight excluding hydrogens is 210 g/mol. The smallest absolute Gasteiger partial charge is 0.407 e. The molecule has 0 aliphatic rings. The lowest BCUT2D eigenvalue weighted by Gasteiger charge is -2.09. The van der Waals surface area contributed by atoms with Crippen molar-refractivity contribution >= 4 is 6.09 Å². The van der Waals surface area contributed by atoms with Crippen LogP contribution in [0.1, 0.15) is 20.8 Å². The molecule has 16 heavy (non-hydrogen) atoms. The molecule has 0 aromatic carbocycles. The number of carbonyl (C=O) groups excluding carboxylic acids is 1. The van der Waals surface area contributed by atoms with Gasteiger partial charge in [-0.15, -0.1) is 0 Å². The van der Waals surface area contributed by atoms with Crippen molar-refractivity contribution in [1.82, 2.24) is 5.32 Å². The van der Waals surface area contributed by atoms with Crippen LogP contribution in [0, 0.1) is 5.92 Å². The molecule has 0 rings (SSSR count). The van der Waals surface area contributed by atoms with E-state index in [0.717, 1.165) is 0 Å². The average molecular weight is 233 g/mol. The van der Waals surface area contributed by atoms with Gasteiger partial charge in [-0.1, -0.05) is 13.8 Å². The molecule has 0 atom stereocenters. The van der Waals surface area contributed by atoms with Crippen LogP contribution in [0.15, 0.2) is 0 Å². The van der Waals surface area contributed by atoms with Gasteiger partial charge in [0.1, 0.15) is 6.61 Å². The first-order valence-corrected chi connectivity index (χ1v) is 5.73. The Labute approximate surface area is 97.4 Å². The molecule has 0 heterocycles. The van der Waals surface area contributed by atoms with Crippen molar-refractivity contribution in [3.05, 3.63) is 0 Å². The molecule has 5 heteroatoms. The largest absolute Gasteiger partial charge is 0.447 e. The first-order chi connectivity index (χ1) is 7.66. The molecule has 96 valence electrons. The van der Waals surface area contributed by atoms with Gasteiger partial charge in [-0.2, -0.15) is 0 Å². The lowest BCUT2D eigenvalue weighted by Crippen LogP contribution is -2.29. The molecular formula is C11H23NO4. The van der Waals surface area contributed by atoms with Crippen molar-refractivity contribution in [3.63, 3.8) is 0 Å². The van der Waals surface area contributed by atoms with Crippen LogP contribution < -0.4 is 5.32 Å². The fourth-order valence-electron chi connectivity index (χ4n) is 0.896. The summed E-state index contributed by atoms with van der Waals surface area (Å²) >= 11 is 0. The number of amides is 1. The quantitative estimate of drug-likeness (QED) is 0.612. The third-order valence-electron chi connectivity index (χ3n) is 1.69. The van der Waals surface area contributed by atoms with Gasteiger partial charge in [-0.3, -0.25) is 0 Å². The predicted octanol–water partition coefficient (Wildman–Crippen LogP) is 1.42. The maximum Gasteiger partial charge on any atom is 0.407 e. The fraction of sp³-hybridized carbons (Fsp3) is 0.909. The summed E-state index contributed by atoms with van der Waals surface area (Å²) in [7, 11) is 0. The third kappa shape index (κ3) is 11.3. The molecule has 0 aromatic rings. The van der Waals surface area contributed by atoms with Gasteiger partial charge >= 0.3 is 6.09 Å². The molecule has 0 aliphatic heterocycles. The number of ether oxygens (including phenoxy) is 3. The van der Waals surface area contributed by atoms with Crippen LogP contribution in [0.4, 0.5) is 4.79 Å². The first-order valence-electron chi connectivity index (χ1n) is 5.73. The summed E-state index contributed by atoms with van der Waals surface area (Å²) < 4.78 is 15.1. The van der Waals surface area contributed by atoms with E-state index in [1.165, 1.54) is 0 Å². The summed E-state index contributed by atoms with van der Waals surface area (Å²) in [5.74, 6) is 0.426. The molecule has 0 aromatic heterocycles. The normalized spacial score (nSPS) is 10.5. The highest BCUT2D eigenvalue weighted by atomic mass is 16.6. The van der Waals surface area contributed by atoms with Gasteiger partial charge in [0.25, 0.3) is 0 Å². The minimum atomic E-state index is -0.387. The molecule has 0 spiro atoms. The van der Waals surface area contributed by atoms with E-state index in [4.69, 9.17) is 14.2 Å². The van der Waals surface area contributed by atoms with E-state index in [2.05, 4.69) is 5.32 Å². The van der Waals surface area contributed by atoms with Crippen LogP contribution in [0.25, 0.3) is 0 Å². The van der Waals surface area contributed by atoms with Gasteiger partial charge in [0, 0.05) is 13.2 Å². The Bertz CT molecular complexity index is 173. The third-order valence-corrected chi connectivity index (χ3v) is 1.69. The SMILES string of the molecule is CCOCCOCCOC(=O)NCC(C)C. The number of rotatable bonds is 9. The van der Waals surface area contributed by atoms with Gasteiger partial charge in [0.2, 0.25) is 0 Å². The number of carbonyl (C=O) groups is 1. The van der Waals surface area contributed by atoms with Gasteiger partial charge in [0.15, 0.2) is 0 Å². The second-order valence-corrected chi connectivity index (χ2v) is 3.72. The summed E-state index contributed by atoms with van der Waals surface area (Å²) in [5, 5.41) is 2.65. The highest BCUT2D eigenvalue weighted by molar-refractivity contribution is 5.67. The van der Waals surface area contributed by atoms with Gasteiger partial charge < -0.3 is 19.5 Å². The van der Waals surface area contributed by atoms with Crippen molar-refractivity contribution in [3.8, 4) is 0 Å². The predicted molar refractivity (Wildman–Crippen MR) is 61.5 cm³/mol. The zero-order valence-corrected chi connectivity index (χ0v) is 10.5. The van der Waals surface area contributed by atoms with E-state index in [-0.39, 0.29) is 12.7 Å². The fourth-order valence-corrected chi connectivity index (χ4v) is 0.896. The Morgan fingerprint density at radius 3 is 2.38 bits per heavy atom. The maximum absolute atomic E-state index is 11.1. The van der Waals surface area contributed by atoms with Crippen molar-refractivity contribution in [1.29, 1.82) is 0 Å². The van der Waals surface area contributed by atoms with E-state index in [1.807, 2.05) is 20.8 Å². The minimum Gasteiger partial charge on any atom is -0.447 e. The number of nitrogens with one attached hydrogen (secondary N) is 1. The Hall–Kier alpha value is -0.810. The Kier molecular flexibility index (Phi) is 10.2. The van der Waals surface area contributed by atoms with Gasteiger partial charge in [-0.25, -0.2) is 4.79 Å². The van der Waals surface area contributed by atoms with Crippen molar-refractivity contribution in [2.24, 2.45) is 5.92 Å². The molecule has 0 fully saturated rings. The van der Waals surface area contributed by atoms with Gasteiger partial charge in [-0.05, 0) is 12.8 Å². The van der Waals surface area contributed by atoms with Crippen LogP contribution in [0.5, 0.6) is 0 Å². The summed E-state index contributed by atoms with van der Waals surface area (Å²) in [6, 6.07) is 0. The lowest BCUT2D eigenvalue weighted by atomic mass is 10.2. The summed E-state index contributed by atoms with van der Waals surface area (Å²) in [6.45, 7) is 9.09. The molecule has 1 amide bonds. The monoisotopic (exact) mass is 233 g/mol. The highest BCUT2D eigenvalue weighted by Crippen LogP contribution is 1.88. The highest BCUT2D eigenvalue weighted by Gasteiger charge is 2.01. The van der Waals surface area contributed by atoms with Crippen molar-refractivity contribution < 1.29 is 19.0 Å². The van der Waals surface area contributed by atoms with E-state index >= 15 is 0 Å². The molecule has 5 nitrogen and oxygen atoms in total.